The Labute approximate surface area is 150 Å². The molecule has 2 amide bonds. The fourth-order valence-electron chi connectivity index (χ4n) is 3.04. The smallest absolute Gasteiger partial charge is 0.261 e. The fraction of sp³-hybridized carbons (Fsp3) is 0.158. The summed E-state index contributed by atoms with van der Waals surface area (Å²) in [5.41, 5.74) is 3.05. The van der Waals surface area contributed by atoms with Gasteiger partial charge in [-0.3, -0.25) is 14.9 Å². The zero-order chi connectivity index (χ0) is 18.3. The predicted octanol–water partition coefficient (Wildman–Crippen LogP) is 3.15. The highest BCUT2D eigenvalue weighted by molar-refractivity contribution is 6.24. The summed E-state index contributed by atoms with van der Waals surface area (Å²) in [7, 11) is 0. The lowest BCUT2D eigenvalue weighted by Crippen LogP contribution is -2.20. The van der Waals surface area contributed by atoms with Crippen molar-refractivity contribution in [1.82, 2.24) is 20.1 Å². The molecule has 0 aliphatic carbocycles. The highest BCUT2D eigenvalue weighted by atomic mass is 16.2. The summed E-state index contributed by atoms with van der Waals surface area (Å²) >= 11 is 0. The van der Waals surface area contributed by atoms with Crippen molar-refractivity contribution in [2.75, 3.05) is 5.32 Å². The lowest BCUT2D eigenvalue weighted by atomic mass is 10.1. The van der Waals surface area contributed by atoms with Crippen LogP contribution < -0.4 is 10.6 Å². The maximum absolute atomic E-state index is 12.1. The van der Waals surface area contributed by atoms with Crippen LogP contribution in [0.25, 0.3) is 11.4 Å². The summed E-state index contributed by atoms with van der Waals surface area (Å²) in [5, 5.41) is 13.8. The average Bonchev–Trinajstić information content (AvgIpc) is 3.21. The molecular formula is C19H17N5O2. The number of amides is 2. The topological polar surface area (TPSA) is 88.9 Å². The number of benzene rings is 2. The van der Waals surface area contributed by atoms with Crippen molar-refractivity contribution in [3.63, 3.8) is 0 Å². The first-order valence-electron chi connectivity index (χ1n) is 8.30. The summed E-state index contributed by atoms with van der Waals surface area (Å²) in [6.07, 6.45) is 1.71. The number of nitrogens with zero attached hydrogens (tertiary/aromatic N) is 3. The van der Waals surface area contributed by atoms with Crippen molar-refractivity contribution in [3.05, 3.63) is 59.9 Å². The maximum Gasteiger partial charge on any atom is 0.261 e. The van der Waals surface area contributed by atoms with E-state index in [2.05, 4.69) is 34.7 Å². The second-order valence-corrected chi connectivity index (χ2v) is 6.37. The summed E-state index contributed by atoms with van der Waals surface area (Å²) in [5.74, 6) is 0.0195. The van der Waals surface area contributed by atoms with E-state index in [0.29, 0.717) is 16.8 Å². The molecule has 1 aliphatic heterocycles. The van der Waals surface area contributed by atoms with Crippen LogP contribution in [0.1, 0.15) is 40.6 Å². The second kappa shape index (κ2) is 6.11. The molecule has 1 aromatic heterocycles. The minimum absolute atomic E-state index is 0.240. The second-order valence-electron chi connectivity index (χ2n) is 6.37. The van der Waals surface area contributed by atoms with Crippen LogP contribution in [-0.2, 0) is 0 Å². The molecule has 1 aliphatic rings. The van der Waals surface area contributed by atoms with Gasteiger partial charge in [0.25, 0.3) is 11.8 Å². The molecule has 2 aromatic carbocycles. The van der Waals surface area contributed by atoms with Gasteiger partial charge in [-0.25, -0.2) is 0 Å². The van der Waals surface area contributed by atoms with Crippen LogP contribution in [0.3, 0.4) is 0 Å². The third-order valence-corrected chi connectivity index (χ3v) is 4.29. The molecule has 0 fully saturated rings. The third-order valence-electron chi connectivity index (χ3n) is 4.29. The predicted molar refractivity (Wildman–Crippen MR) is 97.4 cm³/mol. The molecule has 0 saturated carbocycles. The normalized spacial score (nSPS) is 13.0. The zero-order valence-electron chi connectivity index (χ0n) is 14.4. The molecule has 4 rings (SSSR count). The first-order chi connectivity index (χ1) is 12.5. The molecule has 2 N–H and O–H groups in total. The molecule has 0 atom stereocenters. The van der Waals surface area contributed by atoms with Gasteiger partial charge < -0.3 is 9.88 Å². The number of imide groups is 1. The lowest BCUT2D eigenvalue weighted by Gasteiger charge is -2.13. The van der Waals surface area contributed by atoms with Crippen molar-refractivity contribution in [2.24, 2.45) is 0 Å². The van der Waals surface area contributed by atoms with Gasteiger partial charge in [0, 0.05) is 17.3 Å². The number of fused-ring (bicyclic) bond motifs is 1. The van der Waals surface area contributed by atoms with E-state index in [-0.39, 0.29) is 17.9 Å². The lowest BCUT2D eigenvalue weighted by molar-refractivity contribution is 0.0880. The number of rotatable bonds is 4. The minimum atomic E-state index is -0.385. The van der Waals surface area contributed by atoms with Gasteiger partial charge in [0.1, 0.15) is 6.33 Å². The van der Waals surface area contributed by atoms with Crippen LogP contribution in [0.15, 0.2) is 48.8 Å². The number of carbonyl (C=O) groups excluding carboxylic acids is 2. The highest BCUT2D eigenvalue weighted by Crippen LogP contribution is 2.29. The molecule has 7 nitrogen and oxygen atoms in total. The Morgan fingerprint density at radius 3 is 2.69 bits per heavy atom. The van der Waals surface area contributed by atoms with E-state index >= 15 is 0 Å². The first-order valence-corrected chi connectivity index (χ1v) is 8.30. The Hall–Kier alpha value is -3.48. The fourth-order valence-corrected chi connectivity index (χ4v) is 3.04. The van der Waals surface area contributed by atoms with Gasteiger partial charge in [-0.2, -0.15) is 0 Å². The van der Waals surface area contributed by atoms with Crippen molar-refractivity contribution < 1.29 is 9.59 Å². The molecule has 7 heteroatoms. The van der Waals surface area contributed by atoms with Gasteiger partial charge >= 0.3 is 0 Å². The number of hydrogen-bond donors (Lipinski definition) is 2. The monoisotopic (exact) mass is 347 g/mol. The van der Waals surface area contributed by atoms with Crippen LogP contribution in [0.5, 0.6) is 0 Å². The summed E-state index contributed by atoms with van der Waals surface area (Å²) < 4.78 is 1.99. The Morgan fingerprint density at radius 2 is 1.88 bits per heavy atom. The van der Waals surface area contributed by atoms with Crippen molar-refractivity contribution >= 4 is 23.2 Å². The quantitative estimate of drug-likeness (QED) is 0.708. The van der Waals surface area contributed by atoms with Gasteiger partial charge in [0.05, 0.1) is 16.8 Å². The molecule has 3 aromatic rings. The van der Waals surface area contributed by atoms with E-state index in [0.717, 1.165) is 17.1 Å². The van der Waals surface area contributed by atoms with E-state index in [1.54, 1.807) is 24.5 Å². The van der Waals surface area contributed by atoms with Crippen LogP contribution in [0.4, 0.5) is 11.4 Å². The Bertz CT molecular complexity index is 1020. The van der Waals surface area contributed by atoms with Crippen molar-refractivity contribution in [1.29, 1.82) is 0 Å². The number of nitrogens with one attached hydrogen (secondary N) is 2. The largest absolute Gasteiger partial charge is 0.355 e. The molecule has 0 bridgehead atoms. The molecular weight excluding hydrogens is 330 g/mol. The molecule has 130 valence electrons. The van der Waals surface area contributed by atoms with Crippen LogP contribution in [-0.4, -0.2) is 26.6 Å². The number of hydrogen-bond acceptors (Lipinski definition) is 5. The Kier molecular flexibility index (Phi) is 3.76. The van der Waals surface area contributed by atoms with Crippen LogP contribution in [0.2, 0.25) is 0 Å². The highest BCUT2D eigenvalue weighted by Gasteiger charge is 2.29. The van der Waals surface area contributed by atoms with E-state index in [1.807, 2.05) is 28.8 Å². The van der Waals surface area contributed by atoms with Crippen molar-refractivity contribution in [3.8, 4) is 11.4 Å². The van der Waals surface area contributed by atoms with Crippen molar-refractivity contribution in [2.45, 2.75) is 19.9 Å². The molecule has 2 heterocycles. The zero-order valence-corrected chi connectivity index (χ0v) is 14.4. The maximum atomic E-state index is 12.1. The Morgan fingerprint density at radius 1 is 1.08 bits per heavy atom. The van der Waals surface area contributed by atoms with Gasteiger partial charge in [-0.05, 0) is 38.1 Å². The third kappa shape index (κ3) is 2.63. The summed E-state index contributed by atoms with van der Waals surface area (Å²) in [6, 6.07) is 13.1. The molecule has 0 spiro atoms. The van der Waals surface area contributed by atoms with Gasteiger partial charge in [0.15, 0.2) is 5.82 Å². The summed E-state index contributed by atoms with van der Waals surface area (Å²) in [6.45, 7) is 4.13. The molecule has 0 unspecified atom stereocenters. The average molecular weight is 347 g/mol. The SMILES string of the molecule is CC(C)n1cnnc1-c1cccc(Nc2cccc3c2C(=O)NC3=O)c1. The van der Waals surface area contributed by atoms with Gasteiger partial charge in [-0.15, -0.1) is 10.2 Å². The van der Waals surface area contributed by atoms with Gasteiger partial charge in [0.2, 0.25) is 0 Å². The minimum Gasteiger partial charge on any atom is -0.355 e. The standard InChI is InChI=1S/C19H17N5O2/c1-11(2)24-10-20-23-17(24)12-5-3-6-13(9-12)21-15-8-4-7-14-16(15)19(26)22-18(14)25/h3-11,21H,1-2H3,(H,22,25,26). The molecule has 26 heavy (non-hydrogen) atoms. The van der Waals surface area contributed by atoms with E-state index in [1.165, 1.54) is 0 Å². The van der Waals surface area contributed by atoms with Gasteiger partial charge in [-0.1, -0.05) is 18.2 Å². The van der Waals surface area contributed by atoms with E-state index in [9.17, 15) is 9.59 Å². The Balaban J connectivity index is 1.71. The number of aromatic nitrogens is 3. The van der Waals surface area contributed by atoms with E-state index in [4.69, 9.17) is 0 Å². The van der Waals surface area contributed by atoms with Crippen LogP contribution in [0, 0.1) is 0 Å². The number of anilines is 2. The van der Waals surface area contributed by atoms with E-state index < -0.39 is 0 Å². The first kappa shape index (κ1) is 16.0. The van der Waals surface area contributed by atoms with Crippen LogP contribution >= 0.6 is 0 Å². The molecule has 0 saturated heterocycles. The summed E-state index contributed by atoms with van der Waals surface area (Å²) in [4.78, 5) is 23.9. The number of carbonyl (C=O) groups is 2. The molecule has 0 radical (unpaired) electrons.